The molecule has 6 heteroatoms. The summed E-state index contributed by atoms with van der Waals surface area (Å²) < 4.78 is 4.44. The van der Waals surface area contributed by atoms with Gasteiger partial charge in [0, 0.05) is 34.6 Å². The number of imidazole rings is 2. The maximum absolute atomic E-state index is 5.43. The predicted molar refractivity (Wildman–Crippen MR) is 262 cm³/mol. The Morgan fingerprint density at radius 3 is 1.34 bits per heavy atom. The van der Waals surface area contributed by atoms with Crippen LogP contribution in [0.4, 0.5) is 0 Å². The molecule has 0 bridgehead atoms. The molecule has 0 unspecified atom stereocenters. The summed E-state index contributed by atoms with van der Waals surface area (Å²) in [6.45, 7) is 0. The minimum absolute atomic E-state index is 0.781. The highest BCUT2D eigenvalue weighted by Crippen LogP contribution is 2.43. The highest BCUT2D eigenvalue weighted by molar-refractivity contribution is 6.25. The molecule has 0 radical (unpaired) electrons. The lowest BCUT2D eigenvalue weighted by molar-refractivity contribution is 1.07. The van der Waals surface area contributed by atoms with Gasteiger partial charge in [-0.25, -0.2) is 19.9 Å². The maximum atomic E-state index is 5.43. The summed E-state index contributed by atoms with van der Waals surface area (Å²) in [5.74, 6) is 1.56. The molecule has 0 aliphatic heterocycles. The summed E-state index contributed by atoms with van der Waals surface area (Å²) in [7, 11) is 0. The highest BCUT2D eigenvalue weighted by atomic mass is 15.1. The van der Waals surface area contributed by atoms with Crippen LogP contribution in [-0.2, 0) is 0 Å². The highest BCUT2D eigenvalue weighted by Gasteiger charge is 2.24. The molecule has 9 aromatic carbocycles. The second-order valence-electron chi connectivity index (χ2n) is 16.3. The molecule has 0 atom stereocenters. The molecule has 6 nitrogen and oxygen atoms in total. The molecule has 13 aromatic rings. The van der Waals surface area contributed by atoms with Gasteiger partial charge in [0.1, 0.15) is 22.7 Å². The third-order valence-corrected chi connectivity index (χ3v) is 12.6. The third kappa shape index (κ3) is 5.66. The number of para-hydroxylation sites is 2. The van der Waals surface area contributed by atoms with Crippen molar-refractivity contribution in [3.05, 3.63) is 219 Å². The Kier molecular flexibility index (Phi) is 8.11. The number of pyridine rings is 2. The Labute approximate surface area is 368 Å². The van der Waals surface area contributed by atoms with E-state index in [2.05, 4.69) is 191 Å². The van der Waals surface area contributed by atoms with Crippen molar-refractivity contribution < 1.29 is 0 Å². The average molecular weight is 817 g/mol. The van der Waals surface area contributed by atoms with Gasteiger partial charge in [-0.3, -0.25) is 9.13 Å². The molecule has 13 rings (SSSR count). The molecule has 64 heavy (non-hydrogen) atoms. The van der Waals surface area contributed by atoms with E-state index in [1.54, 1.807) is 0 Å². The van der Waals surface area contributed by atoms with Gasteiger partial charge in [-0.2, -0.15) is 0 Å². The second kappa shape index (κ2) is 14.4. The Morgan fingerprint density at radius 2 is 0.781 bits per heavy atom. The van der Waals surface area contributed by atoms with E-state index in [0.717, 1.165) is 89.9 Å². The third-order valence-electron chi connectivity index (χ3n) is 12.6. The van der Waals surface area contributed by atoms with Crippen molar-refractivity contribution in [2.75, 3.05) is 0 Å². The largest absolute Gasteiger partial charge is 0.276 e. The van der Waals surface area contributed by atoms with Crippen LogP contribution in [0.15, 0.2) is 219 Å². The lowest BCUT2D eigenvalue weighted by Crippen LogP contribution is -2.03. The quantitative estimate of drug-likeness (QED) is 0.150. The van der Waals surface area contributed by atoms with Gasteiger partial charge in [-0.05, 0) is 109 Å². The van der Waals surface area contributed by atoms with Gasteiger partial charge in [-0.15, -0.1) is 0 Å². The predicted octanol–water partition coefficient (Wildman–Crippen LogP) is 14.4. The van der Waals surface area contributed by atoms with Gasteiger partial charge >= 0.3 is 0 Å². The Morgan fingerprint density at radius 1 is 0.312 bits per heavy atom. The SMILES string of the molecule is c1ccc(-c2ccccc2-n2c(-c3cc(-c4ccc5ccc6cccc7ccc4c5c67)cc(-c4nc5cccnc5n4-c4ccccc4-c4ccccc4)c3)nc3cccnc32)cc1. The van der Waals surface area contributed by atoms with E-state index in [9.17, 15) is 0 Å². The smallest absolute Gasteiger partial charge is 0.164 e. The average Bonchev–Trinajstić information content (AvgIpc) is 3.96. The molecule has 4 aromatic heterocycles. The zero-order valence-electron chi connectivity index (χ0n) is 34.5. The normalized spacial score (nSPS) is 11.8. The second-order valence-corrected chi connectivity index (χ2v) is 16.3. The summed E-state index contributed by atoms with van der Waals surface area (Å²) in [6.07, 6.45) is 3.70. The Bertz CT molecular complexity index is 3710. The van der Waals surface area contributed by atoms with E-state index in [1.165, 1.54) is 32.3 Å². The van der Waals surface area contributed by atoms with Crippen LogP contribution in [-0.4, -0.2) is 29.1 Å². The maximum Gasteiger partial charge on any atom is 0.164 e. The number of rotatable bonds is 7. The van der Waals surface area contributed by atoms with Crippen LogP contribution >= 0.6 is 0 Å². The number of benzene rings is 9. The lowest BCUT2D eigenvalue weighted by Gasteiger charge is -2.18. The van der Waals surface area contributed by atoms with Crippen molar-refractivity contribution in [1.82, 2.24) is 29.1 Å². The summed E-state index contributed by atoms with van der Waals surface area (Å²) in [6, 6.07) is 73.1. The molecule has 298 valence electrons. The summed E-state index contributed by atoms with van der Waals surface area (Å²) in [5, 5.41) is 7.43. The molecule has 0 N–H and O–H groups in total. The van der Waals surface area contributed by atoms with Gasteiger partial charge in [0.15, 0.2) is 11.3 Å². The molecule has 0 amide bonds. The van der Waals surface area contributed by atoms with Gasteiger partial charge in [-0.1, -0.05) is 152 Å². The zero-order chi connectivity index (χ0) is 42.1. The first-order valence-corrected chi connectivity index (χ1v) is 21.5. The standard InChI is InChI=1S/C58H36N6/c1-3-14-37(15-4-1)46-20-7-9-24-51(46)63-55(61-49-22-12-32-59-57(49)63)43-34-42(45-30-28-41-27-26-39-18-11-19-40-29-31-48(45)54(41)53(39)40)35-44(36-43)56-62-50-23-13-33-60-58(50)64(56)52-25-10-8-21-47(52)38-16-5-2-6-17-38/h1-36H. The topological polar surface area (TPSA) is 61.4 Å². The van der Waals surface area contributed by atoms with E-state index < -0.39 is 0 Å². The van der Waals surface area contributed by atoms with Gasteiger partial charge in [0.05, 0.1) is 11.4 Å². The number of aromatic nitrogens is 6. The van der Waals surface area contributed by atoms with Gasteiger partial charge in [0.2, 0.25) is 0 Å². The van der Waals surface area contributed by atoms with Crippen LogP contribution in [0.5, 0.6) is 0 Å². The molecular formula is C58H36N6. The van der Waals surface area contributed by atoms with Crippen LogP contribution in [0.25, 0.3) is 122 Å². The van der Waals surface area contributed by atoms with Crippen molar-refractivity contribution >= 4 is 54.6 Å². The fraction of sp³-hybridized carbons (Fsp3) is 0. The zero-order valence-corrected chi connectivity index (χ0v) is 34.5. The molecule has 0 spiro atoms. The number of hydrogen-bond donors (Lipinski definition) is 0. The summed E-state index contributed by atoms with van der Waals surface area (Å²) >= 11 is 0. The lowest BCUT2D eigenvalue weighted by atomic mass is 9.89. The molecule has 4 heterocycles. The monoisotopic (exact) mass is 816 g/mol. The summed E-state index contributed by atoms with van der Waals surface area (Å²) in [4.78, 5) is 20.8. The number of fused-ring (bicyclic) bond motifs is 2. The van der Waals surface area contributed by atoms with E-state index in [0.29, 0.717) is 0 Å². The summed E-state index contributed by atoms with van der Waals surface area (Å²) in [5.41, 5.74) is 13.6. The van der Waals surface area contributed by atoms with Crippen molar-refractivity contribution in [3.63, 3.8) is 0 Å². The molecule has 0 fully saturated rings. The van der Waals surface area contributed by atoms with Crippen molar-refractivity contribution in [2.45, 2.75) is 0 Å². The molecule has 0 aliphatic rings. The minimum atomic E-state index is 0.781. The van der Waals surface area contributed by atoms with Crippen LogP contribution in [0.2, 0.25) is 0 Å². The Hall–Kier alpha value is -8.74. The molecule has 0 aliphatic carbocycles. The minimum Gasteiger partial charge on any atom is -0.276 e. The molecule has 0 saturated carbocycles. The Balaban J connectivity index is 1.13. The number of hydrogen-bond acceptors (Lipinski definition) is 4. The van der Waals surface area contributed by atoms with Crippen molar-refractivity contribution in [3.8, 4) is 67.5 Å². The van der Waals surface area contributed by atoms with Crippen LogP contribution in [0.3, 0.4) is 0 Å². The van der Waals surface area contributed by atoms with E-state index in [4.69, 9.17) is 19.9 Å². The first-order valence-electron chi connectivity index (χ1n) is 21.5. The first kappa shape index (κ1) is 36.0. The van der Waals surface area contributed by atoms with Gasteiger partial charge in [0.25, 0.3) is 0 Å². The molecule has 0 saturated heterocycles. The first-order chi connectivity index (χ1) is 31.7. The van der Waals surface area contributed by atoms with Crippen LogP contribution in [0, 0.1) is 0 Å². The van der Waals surface area contributed by atoms with E-state index >= 15 is 0 Å². The number of nitrogens with zero attached hydrogens (tertiary/aromatic N) is 6. The fourth-order valence-corrected chi connectivity index (χ4v) is 9.76. The van der Waals surface area contributed by atoms with Gasteiger partial charge < -0.3 is 0 Å². The fourth-order valence-electron chi connectivity index (χ4n) is 9.76. The van der Waals surface area contributed by atoms with Crippen LogP contribution in [0.1, 0.15) is 0 Å². The van der Waals surface area contributed by atoms with Crippen molar-refractivity contribution in [2.24, 2.45) is 0 Å². The van der Waals surface area contributed by atoms with Crippen molar-refractivity contribution in [1.29, 1.82) is 0 Å². The van der Waals surface area contributed by atoms with E-state index in [-0.39, 0.29) is 0 Å². The van der Waals surface area contributed by atoms with Crippen LogP contribution < -0.4 is 0 Å². The molecular weight excluding hydrogens is 781 g/mol. The van der Waals surface area contributed by atoms with E-state index in [1.807, 2.05) is 36.7 Å².